The first-order valence-electron chi connectivity index (χ1n) is 7.49. The molecule has 25 heavy (non-hydrogen) atoms. The molecular weight excluding hydrogens is 316 g/mol. The van der Waals surface area contributed by atoms with E-state index in [1.165, 1.54) is 0 Å². The Labute approximate surface area is 144 Å². The van der Waals surface area contributed by atoms with Gasteiger partial charge < -0.3 is 11.5 Å². The number of aromatic nitrogens is 3. The number of nitrogen functional groups attached to an aromatic ring is 2. The third-order valence-corrected chi connectivity index (χ3v) is 3.53. The van der Waals surface area contributed by atoms with Crippen molar-refractivity contribution in [2.75, 3.05) is 11.5 Å². The Balaban J connectivity index is 1.91. The summed E-state index contributed by atoms with van der Waals surface area (Å²) in [5.41, 5.74) is 15.2. The van der Waals surface area contributed by atoms with E-state index in [1.807, 2.05) is 25.4 Å². The van der Waals surface area contributed by atoms with Crippen LogP contribution in [0.25, 0.3) is 11.3 Å². The summed E-state index contributed by atoms with van der Waals surface area (Å²) in [6, 6.07) is 12.7. The van der Waals surface area contributed by atoms with Gasteiger partial charge in [0.2, 0.25) is 0 Å². The number of azo groups is 1. The second-order valence-corrected chi connectivity index (χ2v) is 5.40. The van der Waals surface area contributed by atoms with E-state index in [9.17, 15) is 0 Å². The molecule has 2 heterocycles. The molecule has 8 nitrogen and oxygen atoms in total. The quantitative estimate of drug-likeness (QED) is 0.709. The van der Waals surface area contributed by atoms with Crippen molar-refractivity contribution in [1.29, 1.82) is 5.26 Å². The van der Waals surface area contributed by atoms with Crippen LogP contribution in [0.2, 0.25) is 0 Å². The van der Waals surface area contributed by atoms with Crippen molar-refractivity contribution in [2.24, 2.45) is 17.3 Å². The van der Waals surface area contributed by atoms with Crippen molar-refractivity contribution in [2.45, 2.75) is 6.54 Å². The smallest absolute Gasteiger partial charge is 0.149 e. The molecule has 0 saturated heterocycles. The van der Waals surface area contributed by atoms with E-state index in [-0.39, 0.29) is 11.5 Å². The molecule has 0 bridgehead atoms. The van der Waals surface area contributed by atoms with Gasteiger partial charge in [0, 0.05) is 18.8 Å². The summed E-state index contributed by atoms with van der Waals surface area (Å²) >= 11 is 0. The number of pyridine rings is 1. The molecule has 0 spiro atoms. The van der Waals surface area contributed by atoms with E-state index in [2.05, 4.69) is 26.4 Å². The van der Waals surface area contributed by atoms with Crippen LogP contribution in [0.4, 0.5) is 17.2 Å². The Morgan fingerprint density at radius 2 is 2.08 bits per heavy atom. The lowest BCUT2D eigenvalue weighted by molar-refractivity contribution is 0.738. The molecule has 8 heteroatoms. The maximum Gasteiger partial charge on any atom is 0.149 e. The van der Waals surface area contributed by atoms with Crippen molar-refractivity contribution in [1.82, 2.24) is 14.8 Å². The molecule has 4 N–H and O–H groups in total. The van der Waals surface area contributed by atoms with Crippen LogP contribution in [0.15, 0.2) is 52.8 Å². The Bertz CT molecular complexity index is 981. The fourth-order valence-corrected chi connectivity index (χ4v) is 2.27. The molecule has 124 valence electrons. The summed E-state index contributed by atoms with van der Waals surface area (Å²) in [5.74, 6) is 0.173. The largest absolute Gasteiger partial charge is 0.394 e. The van der Waals surface area contributed by atoms with Gasteiger partial charge in [0.05, 0.1) is 23.0 Å². The van der Waals surface area contributed by atoms with Crippen LogP contribution >= 0.6 is 0 Å². The fraction of sp³-hybridized carbons (Fsp3) is 0.118. The van der Waals surface area contributed by atoms with E-state index >= 15 is 0 Å². The predicted molar refractivity (Wildman–Crippen MR) is 94.6 cm³/mol. The van der Waals surface area contributed by atoms with E-state index in [0.29, 0.717) is 23.5 Å². The average molecular weight is 332 g/mol. The molecular formula is C17H16N8. The van der Waals surface area contributed by atoms with Gasteiger partial charge in [-0.05, 0) is 24.3 Å². The van der Waals surface area contributed by atoms with Crippen LogP contribution in [-0.2, 0) is 13.6 Å². The molecule has 0 fully saturated rings. The van der Waals surface area contributed by atoms with Gasteiger partial charge in [0.15, 0.2) is 0 Å². The maximum absolute atomic E-state index is 9.03. The molecule has 3 rings (SSSR count). The highest BCUT2D eigenvalue weighted by atomic mass is 15.3. The molecule has 0 aliphatic rings. The second kappa shape index (κ2) is 6.80. The lowest BCUT2D eigenvalue weighted by Crippen LogP contribution is -1.99. The average Bonchev–Trinajstić information content (AvgIpc) is 3.03. The summed E-state index contributed by atoms with van der Waals surface area (Å²) in [5, 5.41) is 21.6. The molecule has 0 unspecified atom stereocenters. The van der Waals surface area contributed by atoms with Crippen LogP contribution in [0.3, 0.4) is 0 Å². The minimum atomic E-state index is 0.173. The zero-order chi connectivity index (χ0) is 17.8. The first-order valence-corrected chi connectivity index (χ1v) is 7.49. The van der Waals surface area contributed by atoms with Crippen LogP contribution in [0.1, 0.15) is 11.3 Å². The molecule has 0 atom stereocenters. The number of hydrogen-bond acceptors (Lipinski definition) is 7. The number of nitrogens with two attached hydrogens (primary N) is 2. The zero-order valence-electron chi connectivity index (χ0n) is 13.6. The number of benzene rings is 1. The number of nitrogens with zero attached hydrogens (tertiary/aromatic N) is 6. The Hall–Kier alpha value is -3.73. The van der Waals surface area contributed by atoms with Gasteiger partial charge in [0.1, 0.15) is 23.7 Å². The summed E-state index contributed by atoms with van der Waals surface area (Å²) in [4.78, 5) is 4.27. The summed E-state index contributed by atoms with van der Waals surface area (Å²) in [6.07, 6.45) is 1.84. The highest BCUT2D eigenvalue weighted by molar-refractivity contribution is 5.79. The van der Waals surface area contributed by atoms with Crippen LogP contribution in [0, 0.1) is 11.3 Å². The molecule has 0 saturated carbocycles. The molecule has 3 aromatic rings. The first kappa shape index (κ1) is 16.1. The van der Waals surface area contributed by atoms with Crippen LogP contribution in [-0.4, -0.2) is 14.8 Å². The van der Waals surface area contributed by atoms with Gasteiger partial charge in [-0.15, -0.1) is 0 Å². The van der Waals surface area contributed by atoms with Crippen molar-refractivity contribution in [3.8, 4) is 17.3 Å². The second-order valence-electron chi connectivity index (χ2n) is 5.40. The third-order valence-electron chi connectivity index (χ3n) is 3.53. The molecule has 2 aromatic heterocycles. The van der Waals surface area contributed by atoms with Crippen molar-refractivity contribution < 1.29 is 0 Å². The molecule has 0 radical (unpaired) electrons. The van der Waals surface area contributed by atoms with Crippen LogP contribution < -0.4 is 11.5 Å². The molecule has 0 aliphatic heterocycles. The Morgan fingerprint density at radius 3 is 2.80 bits per heavy atom. The first-order chi connectivity index (χ1) is 12.1. The molecule has 0 amide bonds. The van der Waals surface area contributed by atoms with Gasteiger partial charge in [-0.25, -0.2) is 4.98 Å². The van der Waals surface area contributed by atoms with Crippen LogP contribution in [0.5, 0.6) is 0 Å². The number of rotatable bonds is 4. The summed E-state index contributed by atoms with van der Waals surface area (Å²) in [7, 11) is 1.84. The van der Waals surface area contributed by atoms with Gasteiger partial charge >= 0.3 is 0 Å². The number of hydrogen-bond donors (Lipinski definition) is 2. The summed E-state index contributed by atoms with van der Waals surface area (Å²) < 4.78 is 1.70. The topological polar surface area (TPSA) is 131 Å². The van der Waals surface area contributed by atoms with Crippen molar-refractivity contribution in [3.63, 3.8) is 0 Å². The minimum Gasteiger partial charge on any atom is -0.394 e. The number of anilines is 2. The highest BCUT2D eigenvalue weighted by Gasteiger charge is 2.10. The minimum absolute atomic E-state index is 0.173. The zero-order valence-corrected chi connectivity index (χ0v) is 13.6. The Morgan fingerprint density at radius 1 is 1.24 bits per heavy atom. The van der Waals surface area contributed by atoms with Crippen molar-refractivity contribution >= 4 is 17.2 Å². The van der Waals surface area contributed by atoms with Gasteiger partial charge in [-0.1, -0.05) is 12.1 Å². The summed E-state index contributed by atoms with van der Waals surface area (Å²) in [6.45, 7) is 0.335. The standard InChI is InChI=1S/C17H16N8/c1-25-6-5-13(24-25)10-21-23-15-8-14(22-17(20)16(15)19)12-4-2-3-11(7-12)9-18/h2-8H,10,19H2,1H3,(H2,20,22). The molecule has 0 aliphatic carbocycles. The Kier molecular flexibility index (Phi) is 4.39. The van der Waals surface area contributed by atoms with E-state index in [0.717, 1.165) is 11.3 Å². The van der Waals surface area contributed by atoms with Gasteiger partial charge in [0.25, 0.3) is 0 Å². The van der Waals surface area contributed by atoms with Gasteiger partial charge in [-0.2, -0.15) is 20.6 Å². The third kappa shape index (κ3) is 3.61. The fourth-order valence-electron chi connectivity index (χ4n) is 2.27. The normalized spacial score (nSPS) is 10.9. The lowest BCUT2D eigenvalue weighted by Gasteiger charge is -2.07. The SMILES string of the molecule is Cn1ccc(CN=Nc2cc(-c3cccc(C#N)c3)nc(N)c2N)n1. The van der Waals surface area contributed by atoms with Crippen molar-refractivity contribution in [3.05, 3.63) is 53.9 Å². The predicted octanol–water partition coefficient (Wildman–Crippen LogP) is 2.80. The molecule has 1 aromatic carbocycles. The monoisotopic (exact) mass is 332 g/mol. The maximum atomic E-state index is 9.03. The number of aryl methyl sites for hydroxylation is 1. The number of nitriles is 1. The van der Waals surface area contributed by atoms with Gasteiger partial charge in [-0.3, -0.25) is 4.68 Å². The highest BCUT2D eigenvalue weighted by Crippen LogP contribution is 2.32. The lowest BCUT2D eigenvalue weighted by atomic mass is 10.1. The van der Waals surface area contributed by atoms with E-state index in [4.69, 9.17) is 16.7 Å². The van der Waals surface area contributed by atoms with E-state index in [1.54, 1.807) is 28.9 Å². The van der Waals surface area contributed by atoms with E-state index < -0.39 is 0 Å².